The summed E-state index contributed by atoms with van der Waals surface area (Å²) in [6, 6.07) is 0. The van der Waals surface area contributed by atoms with Crippen molar-refractivity contribution in [3.8, 4) is 0 Å². The lowest BCUT2D eigenvalue weighted by molar-refractivity contribution is -0.144. The lowest BCUT2D eigenvalue weighted by Gasteiger charge is -2.29. The van der Waals surface area contributed by atoms with E-state index in [4.69, 9.17) is 0 Å². The van der Waals surface area contributed by atoms with Crippen molar-refractivity contribution < 1.29 is 24.3 Å². The number of Topliss-reactive ketones (excluding diaryl/α,β-unsaturated/α-hetero) is 3. The number of carbonyl (C=O) groups is 4. The highest BCUT2D eigenvalue weighted by Gasteiger charge is 2.29. The van der Waals surface area contributed by atoms with Crippen LogP contribution in [0.1, 0.15) is 327 Å². The zero-order chi connectivity index (χ0) is 57.7. The standard InChI is InChI=1S/C21H42O.C19H38O.C18H36O2.C10H20O/c1-16(2)18(5)12-9-8-10-14-21(20(7)22)15-11-13-19(6)17(3)4;1-6-16(3)12-9-8-10-14-19(18(5)20)15-11-13-17(4)7-2;1-13(11-17(3,4)5)9-10-15(16(19)20)14(2)12-18(6,7)8;1-8(6-9(2)11)7-10(3,4)5/h16-19,21H,8-15H2,1-7H3;16-17,19H,6-15H2,1-5H3;13-15H,9-12H2,1-8H3,(H,19,20);8H,6-7H2,1-5H3. The van der Waals surface area contributed by atoms with Gasteiger partial charge in [0.15, 0.2) is 0 Å². The fourth-order valence-electron chi connectivity index (χ4n) is 10.6. The van der Waals surface area contributed by atoms with Crippen molar-refractivity contribution in [3.63, 3.8) is 0 Å². The Morgan fingerprint density at radius 3 is 1.04 bits per heavy atom. The zero-order valence-corrected chi connectivity index (χ0v) is 54.5. The molecule has 0 aromatic heterocycles. The van der Waals surface area contributed by atoms with Crippen LogP contribution in [0.2, 0.25) is 0 Å². The fraction of sp³-hybridized carbons (Fsp3) is 0.941. The van der Waals surface area contributed by atoms with Crippen molar-refractivity contribution in [1.82, 2.24) is 0 Å². The molecule has 0 rings (SSSR count). The van der Waals surface area contributed by atoms with Crippen LogP contribution in [0, 0.1) is 87.3 Å². The molecule has 0 aliphatic carbocycles. The van der Waals surface area contributed by atoms with Crippen molar-refractivity contribution in [3.05, 3.63) is 0 Å². The minimum atomic E-state index is -0.621. The lowest BCUT2D eigenvalue weighted by Crippen LogP contribution is -2.26. The van der Waals surface area contributed by atoms with Crippen LogP contribution in [-0.2, 0) is 19.2 Å². The van der Waals surface area contributed by atoms with Crippen LogP contribution in [0.5, 0.6) is 0 Å². The first-order valence-corrected chi connectivity index (χ1v) is 31.1. The largest absolute Gasteiger partial charge is 0.481 e. The topological polar surface area (TPSA) is 88.5 Å². The van der Waals surface area contributed by atoms with Crippen LogP contribution < -0.4 is 0 Å². The number of unbranched alkanes of at least 4 members (excludes halogenated alkanes) is 4. The molecule has 0 aliphatic rings. The van der Waals surface area contributed by atoms with Gasteiger partial charge in [-0.3, -0.25) is 14.4 Å². The molecule has 0 aromatic carbocycles. The lowest BCUT2D eigenvalue weighted by atomic mass is 9.76. The van der Waals surface area contributed by atoms with Crippen LogP contribution in [0.15, 0.2) is 0 Å². The molecular weight excluding hydrogens is 897 g/mol. The summed E-state index contributed by atoms with van der Waals surface area (Å²) in [5, 5.41) is 9.49. The summed E-state index contributed by atoms with van der Waals surface area (Å²) in [4.78, 5) is 45.8. The third-order valence-corrected chi connectivity index (χ3v) is 16.2. The minimum Gasteiger partial charge on any atom is -0.481 e. The van der Waals surface area contributed by atoms with E-state index in [-0.39, 0.29) is 17.3 Å². The highest BCUT2D eigenvalue weighted by molar-refractivity contribution is 5.78. The van der Waals surface area contributed by atoms with E-state index in [1.165, 1.54) is 89.9 Å². The van der Waals surface area contributed by atoms with Gasteiger partial charge in [-0.2, -0.15) is 0 Å². The van der Waals surface area contributed by atoms with Crippen molar-refractivity contribution in [1.29, 1.82) is 0 Å². The predicted molar refractivity (Wildman–Crippen MR) is 324 cm³/mol. The SMILES string of the molecule is CC(=O)C(CCCCCC(C)C(C)C)CCCC(C)C(C)C.CC(=O)CC(C)CC(C)(C)C.CC(CCC(C(=O)O)C(C)CC(C)(C)C)CC(C)(C)C.CCC(C)CCCCCC(CCCC(C)CC)C(C)=O. The molecule has 0 saturated carbocycles. The van der Waals surface area contributed by atoms with Crippen LogP contribution in [0.25, 0.3) is 0 Å². The second-order valence-electron chi connectivity index (χ2n) is 29.1. The van der Waals surface area contributed by atoms with E-state index in [0.717, 1.165) is 99.7 Å². The maximum absolute atomic E-state index is 11.8. The molecule has 0 heterocycles. The van der Waals surface area contributed by atoms with Gasteiger partial charge >= 0.3 is 5.97 Å². The molecule has 0 amide bonds. The Balaban J connectivity index is -0.000000445. The van der Waals surface area contributed by atoms with Crippen LogP contribution in [0.4, 0.5) is 0 Å². The van der Waals surface area contributed by atoms with E-state index < -0.39 is 5.97 Å². The summed E-state index contributed by atoms with van der Waals surface area (Å²) in [7, 11) is 0. The zero-order valence-electron chi connectivity index (χ0n) is 54.5. The van der Waals surface area contributed by atoms with Gasteiger partial charge in [0, 0.05) is 18.3 Å². The van der Waals surface area contributed by atoms with E-state index in [9.17, 15) is 24.3 Å². The molecule has 0 saturated heterocycles. The summed E-state index contributed by atoms with van der Waals surface area (Å²) in [5.74, 6) is 7.21. The predicted octanol–water partition coefficient (Wildman–Crippen LogP) is 22.0. The number of aliphatic carboxylic acids is 1. The molecule has 0 aliphatic heterocycles. The number of rotatable bonds is 36. The van der Waals surface area contributed by atoms with Gasteiger partial charge in [0.25, 0.3) is 0 Å². The first-order chi connectivity index (χ1) is 33.4. The van der Waals surface area contributed by atoms with Gasteiger partial charge in [-0.05, 0) is 148 Å². The fourth-order valence-corrected chi connectivity index (χ4v) is 10.6. The second kappa shape index (κ2) is 43.5. The summed E-state index contributed by atoms with van der Waals surface area (Å²) in [5.41, 5.74) is 0.883. The van der Waals surface area contributed by atoms with Gasteiger partial charge in [-0.25, -0.2) is 0 Å². The van der Waals surface area contributed by atoms with Crippen molar-refractivity contribution in [2.24, 2.45) is 87.3 Å². The molecule has 5 nitrogen and oxygen atoms in total. The molecule has 1 N–H and O–H groups in total. The smallest absolute Gasteiger partial charge is 0.306 e. The highest BCUT2D eigenvalue weighted by Crippen LogP contribution is 2.34. The molecular formula is C68H136O5. The monoisotopic (exact) mass is 1030 g/mol. The Kier molecular flexibility index (Phi) is 46.4. The maximum Gasteiger partial charge on any atom is 0.306 e. The summed E-state index contributed by atoms with van der Waals surface area (Å²) >= 11 is 0. The molecule has 10 unspecified atom stereocenters. The number of carboxylic acids is 1. The number of carboxylic acid groups (broad SMARTS) is 1. The highest BCUT2D eigenvalue weighted by atomic mass is 16.4. The Bertz CT molecular complexity index is 1340. The van der Waals surface area contributed by atoms with Gasteiger partial charge in [0.2, 0.25) is 0 Å². The van der Waals surface area contributed by atoms with Crippen molar-refractivity contribution in [2.45, 2.75) is 327 Å². The molecule has 0 spiro atoms. The number of hydrogen-bond donors (Lipinski definition) is 1. The number of ketones is 3. The third-order valence-electron chi connectivity index (χ3n) is 16.2. The molecule has 0 aromatic rings. The quantitative estimate of drug-likeness (QED) is 0.0632. The van der Waals surface area contributed by atoms with E-state index in [0.29, 0.717) is 51.9 Å². The van der Waals surface area contributed by atoms with Crippen LogP contribution >= 0.6 is 0 Å². The summed E-state index contributed by atoms with van der Waals surface area (Å²) in [6.45, 7) is 54.8. The normalized spacial score (nSPS) is 16.2. The van der Waals surface area contributed by atoms with Crippen molar-refractivity contribution in [2.75, 3.05) is 0 Å². The van der Waals surface area contributed by atoms with E-state index in [2.05, 4.69) is 152 Å². The number of hydrogen-bond acceptors (Lipinski definition) is 4. The van der Waals surface area contributed by atoms with Gasteiger partial charge in [-0.15, -0.1) is 0 Å². The van der Waals surface area contributed by atoms with Gasteiger partial charge < -0.3 is 9.90 Å². The van der Waals surface area contributed by atoms with Gasteiger partial charge in [0.05, 0.1) is 5.92 Å². The average molecular weight is 1030 g/mol. The third kappa shape index (κ3) is 53.7. The summed E-state index contributed by atoms with van der Waals surface area (Å²) < 4.78 is 0. The Morgan fingerprint density at radius 1 is 0.370 bits per heavy atom. The minimum absolute atomic E-state index is 0.198. The molecule has 0 fully saturated rings. The summed E-state index contributed by atoms with van der Waals surface area (Å²) in [6.07, 6.45) is 28.3. The van der Waals surface area contributed by atoms with Gasteiger partial charge in [-0.1, -0.05) is 242 Å². The number of carbonyl (C=O) groups excluding carboxylic acids is 3. The molecule has 5 heteroatoms. The maximum atomic E-state index is 11.8. The molecule has 10 atom stereocenters. The van der Waals surface area contributed by atoms with E-state index in [1.807, 2.05) is 0 Å². The molecule has 73 heavy (non-hydrogen) atoms. The first-order valence-electron chi connectivity index (χ1n) is 31.1. The Hall–Kier alpha value is -1.52. The second-order valence-corrected chi connectivity index (χ2v) is 29.1. The average Bonchev–Trinajstić information content (AvgIpc) is 3.22. The van der Waals surface area contributed by atoms with Crippen LogP contribution in [0.3, 0.4) is 0 Å². The molecule has 0 radical (unpaired) electrons. The van der Waals surface area contributed by atoms with E-state index >= 15 is 0 Å². The first kappa shape index (κ1) is 78.0. The van der Waals surface area contributed by atoms with E-state index in [1.54, 1.807) is 20.8 Å². The molecule has 0 bridgehead atoms. The van der Waals surface area contributed by atoms with Gasteiger partial charge in [0.1, 0.15) is 17.3 Å². The van der Waals surface area contributed by atoms with Crippen molar-refractivity contribution >= 4 is 23.3 Å². The molecule has 438 valence electrons. The Morgan fingerprint density at radius 2 is 0.699 bits per heavy atom. The Labute approximate surface area is 460 Å². The van der Waals surface area contributed by atoms with Crippen LogP contribution in [-0.4, -0.2) is 28.4 Å².